The number of carbonyl (C=O) groups excluding carboxylic acids is 1. The Kier molecular flexibility index (Phi) is 2.21. The van der Waals surface area contributed by atoms with Crippen LogP contribution in [-0.2, 0) is 0 Å². The Morgan fingerprint density at radius 2 is 1.88 bits per heavy atom. The van der Waals surface area contributed by atoms with Gasteiger partial charge in [0.15, 0.2) is 5.78 Å². The van der Waals surface area contributed by atoms with Crippen LogP contribution in [0.4, 0.5) is 5.69 Å². The summed E-state index contributed by atoms with van der Waals surface area (Å²) in [6, 6.07) is 7.84. The summed E-state index contributed by atoms with van der Waals surface area (Å²) in [5, 5.41) is 6.93. The van der Waals surface area contributed by atoms with Gasteiger partial charge < -0.3 is 10.6 Å². The van der Waals surface area contributed by atoms with Crippen molar-refractivity contribution in [1.29, 1.82) is 0 Å². The van der Waals surface area contributed by atoms with Gasteiger partial charge in [0.2, 0.25) is 0 Å². The van der Waals surface area contributed by atoms with E-state index < -0.39 is 0 Å². The van der Waals surface area contributed by atoms with E-state index in [1.165, 1.54) is 0 Å². The third-order valence-corrected chi connectivity index (χ3v) is 3.69. The predicted octanol–water partition coefficient (Wildman–Crippen LogP) is 1.81. The number of para-hydroxylation sites is 1. The largest absolute Gasteiger partial charge is 0.378 e. The molecule has 3 nitrogen and oxygen atoms in total. The number of benzene rings is 1. The molecule has 0 aromatic heterocycles. The van der Waals surface area contributed by atoms with Crippen LogP contribution >= 0.6 is 0 Å². The zero-order valence-electron chi connectivity index (χ0n) is 9.25. The van der Waals surface area contributed by atoms with Crippen molar-refractivity contribution in [3.8, 4) is 0 Å². The van der Waals surface area contributed by atoms with Crippen LogP contribution in [0.15, 0.2) is 24.3 Å². The molecule has 2 N–H and O–H groups in total. The Labute approximate surface area is 95.2 Å². The van der Waals surface area contributed by atoms with Crippen LogP contribution in [0.3, 0.4) is 0 Å². The summed E-state index contributed by atoms with van der Waals surface area (Å²) in [7, 11) is 0. The molecule has 2 heterocycles. The van der Waals surface area contributed by atoms with Crippen molar-refractivity contribution in [2.45, 2.75) is 24.8 Å². The highest BCUT2D eigenvalue weighted by molar-refractivity contribution is 6.04. The second-order valence-electron chi connectivity index (χ2n) is 4.80. The van der Waals surface area contributed by atoms with Gasteiger partial charge in [-0.1, -0.05) is 12.1 Å². The number of Topliss-reactive ketones (excluding diaryl/α,β-unsaturated/α-hetero) is 1. The van der Waals surface area contributed by atoms with E-state index >= 15 is 0 Å². The Bertz CT molecular complexity index is 422. The minimum atomic E-state index is 0.0106. The Hall–Kier alpha value is -1.35. The zero-order valence-corrected chi connectivity index (χ0v) is 9.25. The molecule has 0 atom stereocenters. The Morgan fingerprint density at radius 1 is 1.12 bits per heavy atom. The van der Waals surface area contributed by atoms with E-state index in [2.05, 4.69) is 10.6 Å². The van der Waals surface area contributed by atoms with Gasteiger partial charge in [0, 0.05) is 23.2 Å². The van der Waals surface area contributed by atoms with Crippen LogP contribution in [0.2, 0.25) is 0 Å². The van der Waals surface area contributed by atoms with Gasteiger partial charge in [0.25, 0.3) is 0 Å². The maximum Gasteiger partial charge on any atom is 0.167 e. The minimum absolute atomic E-state index is 0.0106. The lowest BCUT2D eigenvalue weighted by Gasteiger charge is -2.42. The lowest BCUT2D eigenvalue weighted by molar-refractivity contribution is 0.0937. The second-order valence-corrected chi connectivity index (χ2v) is 4.80. The summed E-state index contributed by atoms with van der Waals surface area (Å²) in [5.41, 5.74) is 1.88. The van der Waals surface area contributed by atoms with Gasteiger partial charge >= 0.3 is 0 Å². The lowest BCUT2D eigenvalue weighted by Crippen LogP contribution is -2.51. The molecule has 1 aromatic carbocycles. The zero-order chi connectivity index (χ0) is 11.0. The number of fused-ring (bicyclic) bond motifs is 1. The van der Waals surface area contributed by atoms with Crippen molar-refractivity contribution < 1.29 is 4.79 Å². The molecule has 1 saturated heterocycles. The van der Waals surface area contributed by atoms with E-state index in [0.29, 0.717) is 6.42 Å². The smallest absolute Gasteiger partial charge is 0.167 e. The van der Waals surface area contributed by atoms with Gasteiger partial charge in [0.1, 0.15) is 0 Å². The summed E-state index contributed by atoms with van der Waals surface area (Å²) in [5.74, 6) is 0.288. The van der Waals surface area contributed by atoms with Crippen LogP contribution in [-0.4, -0.2) is 24.4 Å². The summed E-state index contributed by atoms with van der Waals surface area (Å²) in [4.78, 5) is 12.1. The first-order valence-corrected chi connectivity index (χ1v) is 5.90. The van der Waals surface area contributed by atoms with E-state index in [1.807, 2.05) is 24.3 Å². The fourth-order valence-corrected chi connectivity index (χ4v) is 2.77. The molecule has 3 heteroatoms. The van der Waals surface area contributed by atoms with Crippen molar-refractivity contribution >= 4 is 11.5 Å². The van der Waals surface area contributed by atoms with Crippen molar-refractivity contribution in [2.75, 3.05) is 18.4 Å². The Morgan fingerprint density at radius 3 is 2.69 bits per heavy atom. The first-order valence-electron chi connectivity index (χ1n) is 5.90. The van der Waals surface area contributed by atoms with E-state index in [9.17, 15) is 4.79 Å². The molecule has 16 heavy (non-hydrogen) atoms. The maximum absolute atomic E-state index is 12.1. The molecule has 0 bridgehead atoms. The molecule has 3 rings (SSSR count). The molecule has 2 aliphatic heterocycles. The molecule has 0 radical (unpaired) electrons. The third kappa shape index (κ3) is 1.52. The average molecular weight is 216 g/mol. The first kappa shape index (κ1) is 9.85. The van der Waals surface area contributed by atoms with Crippen molar-refractivity contribution in [1.82, 2.24) is 5.32 Å². The monoisotopic (exact) mass is 216 g/mol. The number of nitrogens with one attached hydrogen (secondary N) is 2. The maximum atomic E-state index is 12.1. The van der Waals surface area contributed by atoms with E-state index in [-0.39, 0.29) is 11.3 Å². The number of piperidine rings is 1. The van der Waals surface area contributed by atoms with Crippen LogP contribution in [0, 0.1) is 0 Å². The van der Waals surface area contributed by atoms with Crippen LogP contribution in [0.1, 0.15) is 29.6 Å². The minimum Gasteiger partial charge on any atom is -0.378 e. The summed E-state index contributed by atoms with van der Waals surface area (Å²) >= 11 is 0. The molecule has 0 aliphatic carbocycles. The quantitative estimate of drug-likeness (QED) is 0.695. The van der Waals surface area contributed by atoms with E-state index in [0.717, 1.165) is 37.2 Å². The van der Waals surface area contributed by atoms with Gasteiger partial charge in [0.05, 0.1) is 0 Å². The number of hydrogen-bond donors (Lipinski definition) is 2. The predicted molar refractivity (Wildman–Crippen MR) is 63.8 cm³/mol. The number of ketones is 1. The van der Waals surface area contributed by atoms with E-state index in [4.69, 9.17) is 0 Å². The first-order chi connectivity index (χ1) is 7.79. The van der Waals surface area contributed by atoms with Gasteiger partial charge in [-0.15, -0.1) is 0 Å². The van der Waals surface area contributed by atoms with Crippen LogP contribution < -0.4 is 10.6 Å². The fraction of sp³-hybridized carbons (Fsp3) is 0.462. The number of rotatable bonds is 0. The van der Waals surface area contributed by atoms with E-state index in [1.54, 1.807) is 0 Å². The van der Waals surface area contributed by atoms with Crippen LogP contribution in [0.5, 0.6) is 0 Å². The molecule has 1 spiro atoms. The number of anilines is 1. The molecular formula is C13H16N2O. The molecule has 1 aromatic rings. The van der Waals surface area contributed by atoms with Gasteiger partial charge in [-0.2, -0.15) is 0 Å². The second kappa shape index (κ2) is 3.59. The summed E-state index contributed by atoms with van der Waals surface area (Å²) in [6.45, 7) is 2.00. The average Bonchev–Trinajstić information content (AvgIpc) is 2.30. The highest BCUT2D eigenvalue weighted by Gasteiger charge is 2.38. The normalized spacial score (nSPS) is 22.6. The van der Waals surface area contributed by atoms with Crippen molar-refractivity contribution in [3.05, 3.63) is 29.8 Å². The molecule has 84 valence electrons. The molecular weight excluding hydrogens is 200 g/mol. The third-order valence-electron chi connectivity index (χ3n) is 3.69. The van der Waals surface area contributed by atoms with Crippen molar-refractivity contribution in [3.63, 3.8) is 0 Å². The lowest BCUT2D eigenvalue weighted by atomic mass is 9.79. The highest BCUT2D eigenvalue weighted by atomic mass is 16.1. The highest BCUT2D eigenvalue weighted by Crippen LogP contribution is 2.35. The number of hydrogen-bond acceptors (Lipinski definition) is 3. The van der Waals surface area contributed by atoms with Crippen LogP contribution in [0.25, 0.3) is 0 Å². The van der Waals surface area contributed by atoms with Gasteiger partial charge in [-0.3, -0.25) is 4.79 Å². The molecule has 0 saturated carbocycles. The number of carbonyl (C=O) groups is 1. The standard InChI is InChI=1S/C13H16N2O/c16-12-9-13(5-7-14-8-6-13)15-11-4-2-1-3-10(11)12/h1-4,14-15H,5-9H2. The fourth-order valence-electron chi connectivity index (χ4n) is 2.77. The molecule has 1 fully saturated rings. The topological polar surface area (TPSA) is 41.1 Å². The Balaban J connectivity index is 1.96. The van der Waals surface area contributed by atoms with Gasteiger partial charge in [-0.05, 0) is 38.1 Å². The molecule has 0 amide bonds. The van der Waals surface area contributed by atoms with Crippen molar-refractivity contribution in [2.24, 2.45) is 0 Å². The SMILES string of the molecule is O=C1CC2(CCNCC2)Nc2ccccc21. The summed E-state index contributed by atoms with van der Waals surface area (Å²) < 4.78 is 0. The summed E-state index contributed by atoms with van der Waals surface area (Å²) in [6.07, 6.45) is 2.71. The van der Waals surface area contributed by atoms with Gasteiger partial charge in [-0.25, -0.2) is 0 Å². The molecule has 2 aliphatic rings. The molecule has 0 unspecified atom stereocenters.